The molecule has 1 heterocycles. The summed E-state index contributed by atoms with van der Waals surface area (Å²) in [6.07, 6.45) is 0.864. The van der Waals surface area contributed by atoms with Crippen LogP contribution < -0.4 is 15.1 Å². The molecule has 1 N–H and O–H groups in total. The molecule has 0 spiro atoms. The lowest BCUT2D eigenvalue weighted by Crippen LogP contribution is -2.40. The van der Waals surface area contributed by atoms with Crippen LogP contribution in [0.15, 0.2) is 18.2 Å². The maximum absolute atomic E-state index is 12.2. The molecule has 0 saturated heterocycles. The molecule has 0 aliphatic carbocycles. The van der Waals surface area contributed by atoms with E-state index in [1.54, 1.807) is 11.8 Å². The van der Waals surface area contributed by atoms with Crippen LogP contribution in [0.1, 0.15) is 46.1 Å². The number of hydrogen-bond donors (Lipinski definition) is 1. The van der Waals surface area contributed by atoms with Crippen molar-refractivity contribution >= 4 is 17.5 Å². The lowest BCUT2D eigenvalue weighted by Gasteiger charge is -2.31. The summed E-state index contributed by atoms with van der Waals surface area (Å²) in [6.45, 7) is 9.12. The van der Waals surface area contributed by atoms with E-state index < -0.39 is 0 Å². The van der Waals surface area contributed by atoms with Crippen LogP contribution >= 0.6 is 0 Å². The van der Waals surface area contributed by atoms with Crippen LogP contribution in [-0.4, -0.2) is 31.6 Å². The van der Waals surface area contributed by atoms with E-state index in [0.717, 1.165) is 11.3 Å². The number of ether oxygens (including phenoxy) is 1. The number of carbonyl (C=O) groups excluding carboxylic acids is 2. The fraction of sp³-hybridized carbons (Fsp3) is 0.556. The first-order valence-electron chi connectivity index (χ1n) is 8.31. The molecule has 24 heavy (non-hydrogen) atoms. The lowest BCUT2D eigenvalue weighted by atomic mass is 9.86. The van der Waals surface area contributed by atoms with Crippen molar-refractivity contribution < 1.29 is 19.2 Å². The van der Waals surface area contributed by atoms with Crippen molar-refractivity contribution in [3.05, 3.63) is 23.8 Å². The molecular weight excluding hydrogens is 308 g/mol. The van der Waals surface area contributed by atoms with Crippen molar-refractivity contribution in [1.29, 1.82) is 0 Å². The maximum Gasteiger partial charge on any atom is 0.265 e. The molecule has 1 aromatic carbocycles. The van der Waals surface area contributed by atoms with E-state index in [1.807, 2.05) is 18.2 Å². The van der Waals surface area contributed by atoms with Gasteiger partial charge in [-0.05, 0) is 36.5 Å². The van der Waals surface area contributed by atoms with Crippen LogP contribution in [0, 0.1) is 0 Å². The Balaban J connectivity index is 2.08. The zero-order valence-electron chi connectivity index (χ0n) is 14.8. The Kier molecular flexibility index (Phi) is 5.83. The van der Waals surface area contributed by atoms with Crippen molar-refractivity contribution in [2.24, 2.45) is 0 Å². The number of amides is 2. The minimum Gasteiger partial charge on any atom is -0.482 e. The van der Waals surface area contributed by atoms with E-state index in [0.29, 0.717) is 31.7 Å². The van der Waals surface area contributed by atoms with Gasteiger partial charge in [0, 0.05) is 13.0 Å². The third-order valence-corrected chi connectivity index (χ3v) is 3.88. The molecule has 0 fully saturated rings. The molecule has 1 aliphatic rings. The van der Waals surface area contributed by atoms with Crippen molar-refractivity contribution in [2.75, 3.05) is 24.7 Å². The summed E-state index contributed by atoms with van der Waals surface area (Å²) in [5, 5.41) is 0. The number of fused-ring (bicyclic) bond motifs is 1. The Bertz CT molecular complexity index is 608. The van der Waals surface area contributed by atoms with Crippen molar-refractivity contribution in [2.45, 2.75) is 46.0 Å². The summed E-state index contributed by atoms with van der Waals surface area (Å²) in [5.74, 6) is 0.446. The summed E-state index contributed by atoms with van der Waals surface area (Å²) in [6, 6.07) is 5.95. The standard InChI is InChI=1S/C18H26N2O4/c1-5-24-19-16(21)7-6-10-20-14-11-13(18(2,3)4)8-9-15(14)23-12-17(20)22/h8-9,11H,5-7,10,12H2,1-4H3,(H,19,21). The number of nitrogens with one attached hydrogen (secondary N) is 1. The Labute approximate surface area is 143 Å². The average molecular weight is 334 g/mol. The first-order chi connectivity index (χ1) is 11.3. The Morgan fingerprint density at radius 3 is 2.79 bits per heavy atom. The summed E-state index contributed by atoms with van der Waals surface area (Å²) < 4.78 is 5.52. The minimum absolute atomic E-state index is 0.0153. The second kappa shape index (κ2) is 7.66. The van der Waals surface area contributed by atoms with E-state index in [2.05, 4.69) is 26.3 Å². The highest BCUT2D eigenvalue weighted by Gasteiger charge is 2.27. The van der Waals surface area contributed by atoms with Crippen LogP contribution in [0.3, 0.4) is 0 Å². The quantitative estimate of drug-likeness (QED) is 0.812. The summed E-state index contributed by atoms with van der Waals surface area (Å²) in [7, 11) is 0. The minimum atomic E-state index is -0.179. The van der Waals surface area contributed by atoms with Gasteiger partial charge in [-0.2, -0.15) is 0 Å². The molecule has 6 nitrogen and oxygen atoms in total. The highest BCUT2D eigenvalue weighted by atomic mass is 16.6. The molecule has 0 unspecified atom stereocenters. The van der Waals surface area contributed by atoms with Crippen LogP contribution in [0.2, 0.25) is 0 Å². The van der Waals surface area contributed by atoms with Gasteiger partial charge in [0.05, 0.1) is 12.3 Å². The summed E-state index contributed by atoms with van der Waals surface area (Å²) >= 11 is 0. The first kappa shape index (κ1) is 18.3. The number of nitrogens with zero attached hydrogens (tertiary/aromatic N) is 1. The number of hydroxylamine groups is 1. The number of anilines is 1. The van der Waals surface area contributed by atoms with Gasteiger partial charge in [0.1, 0.15) is 5.75 Å². The largest absolute Gasteiger partial charge is 0.482 e. The molecule has 0 atom stereocenters. The summed E-state index contributed by atoms with van der Waals surface area (Å²) in [4.78, 5) is 30.4. The number of carbonyl (C=O) groups is 2. The lowest BCUT2D eigenvalue weighted by molar-refractivity contribution is -0.133. The first-order valence-corrected chi connectivity index (χ1v) is 8.31. The van der Waals surface area contributed by atoms with Gasteiger partial charge in [0.15, 0.2) is 6.61 Å². The SMILES string of the molecule is CCONC(=O)CCCN1C(=O)COc2ccc(C(C)(C)C)cc21. The predicted molar refractivity (Wildman–Crippen MR) is 92.0 cm³/mol. The molecule has 132 valence electrons. The zero-order chi connectivity index (χ0) is 17.7. The van der Waals surface area contributed by atoms with Crippen molar-refractivity contribution in [3.8, 4) is 5.75 Å². The van der Waals surface area contributed by atoms with E-state index in [1.165, 1.54) is 0 Å². The average Bonchev–Trinajstić information content (AvgIpc) is 2.53. The number of benzene rings is 1. The molecule has 0 aromatic heterocycles. The Morgan fingerprint density at radius 1 is 1.38 bits per heavy atom. The van der Waals surface area contributed by atoms with Gasteiger partial charge in [-0.25, -0.2) is 5.48 Å². The second-order valence-electron chi connectivity index (χ2n) is 6.83. The molecular formula is C18H26N2O4. The topological polar surface area (TPSA) is 67.9 Å². The fourth-order valence-electron chi connectivity index (χ4n) is 2.52. The maximum atomic E-state index is 12.2. The predicted octanol–water partition coefficient (Wildman–Crippen LogP) is 2.56. The molecule has 1 aromatic rings. The number of rotatable bonds is 6. The molecule has 0 saturated carbocycles. The van der Waals surface area contributed by atoms with Crippen molar-refractivity contribution in [1.82, 2.24) is 5.48 Å². The molecule has 2 amide bonds. The molecule has 0 radical (unpaired) electrons. The van der Waals surface area contributed by atoms with Crippen LogP contribution in [0.25, 0.3) is 0 Å². The highest BCUT2D eigenvalue weighted by molar-refractivity contribution is 5.98. The molecule has 6 heteroatoms. The molecule has 0 bridgehead atoms. The van der Waals surface area contributed by atoms with Crippen molar-refractivity contribution in [3.63, 3.8) is 0 Å². The fourth-order valence-corrected chi connectivity index (χ4v) is 2.52. The van der Waals surface area contributed by atoms with Gasteiger partial charge in [-0.15, -0.1) is 0 Å². The van der Waals surface area contributed by atoms with Gasteiger partial charge < -0.3 is 9.64 Å². The van der Waals surface area contributed by atoms with Crippen LogP contribution in [-0.2, 0) is 19.8 Å². The third kappa shape index (κ3) is 4.47. The van der Waals surface area contributed by atoms with Gasteiger partial charge >= 0.3 is 0 Å². The van der Waals surface area contributed by atoms with Crippen LogP contribution in [0.4, 0.5) is 5.69 Å². The third-order valence-electron chi connectivity index (χ3n) is 3.88. The molecule has 2 rings (SSSR count). The second-order valence-corrected chi connectivity index (χ2v) is 6.83. The smallest absolute Gasteiger partial charge is 0.265 e. The van der Waals surface area contributed by atoms with Gasteiger partial charge in [-0.1, -0.05) is 26.8 Å². The molecule has 1 aliphatic heterocycles. The summed E-state index contributed by atoms with van der Waals surface area (Å²) in [5.41, 5.74) is 4.27. The van der Waals surface area contributed by atoms with Gasteiger partial charge in [0.25, 0.3) is 5.91 Å². The van der Waals surface area contributed by atoms with Gasteiger partial charge in [-0.3, -0.25) is 14.4 Å². The zero-order valence-corrected chi connectivity index (χ0v) is 14.8. The highest BCUT2D eigenvalue weighted by Crippen LogP contribution is 2.36. The van der Waals surface area contributed by atoms with E-state index in [4.69, 9.17) is 9.57 Å². The van der Waals surface area contributed by atoms with E-state index >= 15 is 0 Å². The Morgan fingerprint density at radius 2 is 2.12 bits per heavy atom. The van der Waals surface area contributed by atoms with E-state index in [9.17, 15) is 9.59 Å². The number of hydrogen-bond acceptors (Lipinski definition) is 4. The van der Waals surface area contributed by atoms with Gasteiger partial charge in [0.2, 0.25) is 5.91 Å². The Hall–Kier alpha value is -2.08. The normalized spacial score (nSPS) is 14.2. The monoisotopic (exact) mass is 334 g/mol. The van der Waals surface area contributed by atoms with E-state index in [-0.39, 0.29) is 23.8 Å². The van der Waals surface area contributed by atoms with Crippen LogP contribution in [0.5, 0.6) is 5.75 Å².